The van der Waals surface area contributed by atoms with E-state index in [9.17, 15) is 9.18 Å². The number of rotatable bonds is 5. The molecule has 1 aliphatic heterocycles. The maximum absolute atomic E-state index is 14.6. The molecule has 3 atom stereocenters. The van der Waals surface area contributed by atoms with Gasteiger partial charge in [0.2, 0.25) is 5.88 Å². The largest absolute Gasteiger partial charge is 0.481 e. The Kier molecular flexibility index (Phi) is 6.01. The molecule has 1 amide bonds. The molecule has 2 aromatic rings. The lowest BCUT2D eigenvalue weighted by Gasteiger charge is -2.25. The summed E-state index contributed by atoms with van der Waals surface area (Å²) in [4.78, 5) is 23.1. The van der Waals surface area contributed by atoms with E-state index in [1.54, 1.807) is 19.2 Å². The van der Waals surface area contributed by atoms with Gasteiger partial charge in [0, 0.05) is 37.3 Å². The Bertz CT molecular complexity index is 962. The Balaban J connectivity index is 1.39. The van der Waals surface area contributed by atoms with E-state index in [1.807, 2.05) is 20.8 Å². The van der Waals surface area contributed by atoms with E-state index in [-0.39, 0.29) is 18.0 Å². The number of carbonyl (C=O) groups is 1. The molecule has 8 heteroatoms. The van der Waals surface area contributed by atoms with E-state index < -0.39 is 5.60 Å². The maximum atomic E-state index is 14.6. The highest BCUT2D eigenvalue weighted by molar-refractivity contribution is 5.78. The van der Waals surface area contributed by atoms with Gasteiger partial charge in [0.1, 0.15) is 11.4 Å². The van der Waals surface area contributed by atoms with Crippen molar-refractivity contribution in [3.05, 3.63) is 29.7 Å². The molecule has 0 aromatic carbocycles. The van der Waals surface area contributed by atoms with Crippen molar-refractivity contribution < 1.29 is 18.7 Å². The van der Waals surface area contributed by atoms with Crippen LogP contribution in [0.15, 0.2) is 18.3 Å². The summed E-state index contributed by atoms with van der Waals surface area (Å²) in [6.07, 6.45) is 3.55. The molecule has 0 radical (unpaired) electrons. The normalized spacial score (nSPS) is 23.7. The molecule has 168 valence electrons. The summed E-state index contributed by atoms with van der Waals surface area (Å²) < 4.78 is 25.2. The first-order chi connectivity index (χ1) is 14.7. The molecule has 1 saturated carbocycles. The number of likely N-dealkylation sites (tertiary alicyclic amines) is 1. The summed E-state index contributed by atoms with van der Waals surface area (Å²) in [5.41, 5.74) is 1.29. The lowest BCUT2D eigenvalue weighted by atomic mass is 9.98. The summed E-state index contributed by atoms with van der Waals surface area (Å²) >= 11 is 0. The Hall–Kier alpha value is -2.48. The minimum Gasteiger partial charge on any atom is -0.481 e. The van der Waals surface area contributed by atoms with Gasteiger partial charge >= 0.3 is 6.09 Å². The van der Waals surface area contributed by atoms with Gasteiger partial charge in [-0.15, -0.1) is 0 Å². The van der Waals surface area contributed by atoms with Crippen molar-refractivity contribution in [3.63, 3.8) is 0 Å². The van der Waals surface area contributed by atoms with Gasteiger partial charge < -0.3 is 19.7 Å². The van der Waals surface area contributed by atoms with Crippen LogP contribution in [0.5, 0.6) is 5.88 Å². The number of fused-ring (bicyclic) bond motifs is 2. The van der Waals surface area contributed by atoms with E-state index in [2.05, 4.69) is 20.2 Å². The number of amides is 1. The van der Waals surface area contributed by atoms with E-state index in [1.165, 1.54) is 6.20 Å². The predicted molar refractivity (Wildman–Crippen MR) is 116 cm³/mol. The van der Waals surface area contributed by atoms with E-state index in [4.69, 9.17) is 9.47 Å². The standard InChI is InChI=1S/C23H31FN4O3/c1-23(2,3)31-22(29)26-18-6-5-14-12-28(13-16(14)18)10-9-15-17(24)11-25-19-7-8-20(30-4)27-21(15)19/h7-8,11,14,16,18H,5-6,9-10,12-13H2,1-4H3,(H,26,29)/t14-,16+,18-/m1/s1. The molecule has 2 aromatic heterocycles. The molecule has 0 bridgehead atoms. The first-order valence-corrected chi connectivity index (χ1v) is 10.9. The van der Waals surface area contributed by atoms with Crippen LogP contribution in [0.2, 0.25) is 0 Å². The fourth-order valence-electron chi connectivity index (χ4n) is 4.88. The third-order valence-corrected chi connectivity index (χ3v) is 6.26. The van der Waals surface area contributed by atoms with E-state index in [0.717, 1.165) is 32.5 Å². The van der Waals surface area contributed by atoms with Crippen molar-refractivity contribution >= 4 is 17.1 Å². The zero-order valence-electron chi connectivity index (χ0n) is 18.7. The first-order valence-electron chi connectivity index (χ1n) is 10.9. The van der Waals surface area contributed by atoms with Crippen molar-refractivity contribution in [1.29, 1.82) is 0 Å². The topological polar surface area (TPSA) is 76.6 Å². The number of ether oxygens (including phenoxy) is 2. The van der Waals surface area contributed by atoms with Gasteiger partial charge in [-0.1, -0.05) is 0 Å². The van der Waals surface area contributed by atoms with E-state index >= 15 is 0 Å². The monoisotopic (exact) mass is 430 g/mol. The first kappa shape index (κ1) is 21.7. The molecule has 3 heterocycles. The second-order valence-corrected chi connectivity index (χ2v) is 9.57. The van der Waals surface area contributed by atoms with Crippen LogP contribution in [0.4, 0.5) is 9.18 Å². The van der Waals surface area contributed by atoms with Gasteiger partial charge in [0.15, 0.2) is 0 Å². The van der Waals surface area contributed by atoms with Crippen LogP contribution in [-0.4, -0.2) is 59.3 Å². The van der Waals surface area contributed by atoms with Gasteiger partial charge in [-0.25, -0.2) is 14.2 Å². The minimum atomic E-state index is -0.502. The second-order valence-electron chi connectivity index (χ2n) is 9.57. The van der Waals surface area contributed by atoms with Crippen LogP contribution in [0.25, 0.3) is 11.0 Å². The molecular weight excluding hydrogens is 399 g/mol. The van der Waals surface area contributed by atoms with Crippen LogP contribution >= 0.6 is 0 Å². The molecule has 31 heavy (non-hydrogen) atoms. The van der Waals surface area contributed by atoms with Crippen molar-refractivity contribution in [2.45, 2.75) is 51.7 Å². The number of carbonyl (C=O) groups excluding carboxylic acids is 1. The average molecular weight is 431 g/mol. The summed E-state index contributed by atoms with van der Waals surface area (Å²) in [6.45, 7) is 8.21. The number of hydrogen-bond acceptors (Lipinski definition) is 6. The number of alkyl carbamates (subject to hydrolysis) is 1. The summed E-state index contributed by atoms with van der Waals surface area (Å²) in [7, 11) is 1.55. The number of hydrogen-bond donors (Lipinski definition) is 1. The van der Waals surface area contributed by atoms with Gasteiger partial charge in [-0.2, -0.15) is 0 Å². The number of aromatic nitrogens is 2. The van der Waals surface area contributed by atoms with Gasteiger partial charge in [0.25, 0.3) is 0 Å². The number of nitrogens with zero attached hydrogens (tertiary/aromatic N) is 3. The molecule has 2 fully saturated rings. The molecule has 0 unspecified atom stereocenters. The highest BCUT2D eigenvalue weighted by Crippen LogP contribution is 2.38. The lowest BCUT2D eigenvalue weighted by molar-refractivity contribution is 0.0491. The molecule has 4 rings (SSSR count). The van der Waals surface area contributed by atoms with Gasteiger partial charge in [-0.3, -0.25) is 4.98 Å². The quantitative estimate of drug-likeness (QED) is 0.782. The summed E-state index contributed by atoms with van der Waals surface area (Å²) in [5, 5.41) is 3.07. The fourth-order valence-corrected chi connectivity index (χ4v) is 4.88. The number of pyridine rings is 2. The van der Waals surface area contributed by atoms with Crippen LogP contribution < -0.4 is 10.1 Å². The molecule has 1 aliphatic carbocycles. The maximum Gasteiger partial charge on any atom is 0.407 e. The zero-order chi connectivity index (χ0) is 22.2. The van der Waals surface area contributed by atoms with Crippen molar-refractivity contribution in [1.82, 2.24) is 20.2 Å². The highest BCUT2D eigenvalue weighted by Gasteiger charge is 2.43. The Morgan fingerprint density at radius 1 is 1.29 bits per heavy atom. The Labute approximate surface area is 182 Å². The van der Waals surface area contributed by atoms with Crippen LogP contribution in [0.1, 0.15) is 39.2 Å². The minimum absolute atomic E-state index is 0.134. The van der Waals surface area contributed by atoms with E-state index in [0.29, 0.717) is 40.7 Å². The second kappa shape index (κ2) is 8.57. The van der Waals surface area contributed by atoms with Crippen LogP contribution in [0.3, 0.4) is 0 Å². The third-order valence-electron chi connectivity index (χ3n) is 6.26. The Morgan fingerprint density at radius 2 is 2.10 bits per heavy atom. The molecule has 1 saturated heterocycles. The predicted octanol–water partition coefficient (Wildman–Crippen LogP) is 3.56. The van der Waals surface area contributed by atoms with Gasteiger partial charge in [0.05, 0.1) is 24.3 Å². The molecule has 7 nitrogen and oxygen atoms in total. The molecular formula is C23H31FN4O3. The SMILES string of the molecule is COc1ccc2ncc(F)c(CCN3C[C@H]4CC[C@@H](NC(=O)OC(C)(C)C)[C@H]4C3)c2n1. The van der Waals surface area contributed by atoms with Crippen molar-refractivity contribution in [3.8, 4) is 5.88 Å². The van der Waals surface area contributed by atoms with Crippen LogP contribution in [-0.2, 0) is 11.2 Å². The fraction of sp³-hybridized carbons (Fsp3) is 0.609. The van der Waals surface area contributed by atoms with Crippen molar-refractivity contribution in [2.75, 3.05) is 26.7 Å². The number of methoxy groups -OCH3 is 1. The number of nitrogens with one attached hydrogen (secondary N) is 1. The van der Waals surface area contributed by atoms with Crippen molar-refractivity contribution in [2.24, 2.45) is 11.8 Å². The van der Waals surface area contributed by atoms with Crippen LogP contribution in [0, 0.1) is 17.7 Å². The lowest BCUT2D eigenvalue weighted by Crippen LogP contribution is -2.42. The van der Waals surface area contributed by atoms with Gasteiger partial charge in [-0.05, 0) is 57.9 Å². The average Bonchev–Trinajstić information content (AvgIpc) is 3.26. The molecule has 1 N–H and O–H groups in total. The zero-order valence-corrected chi connectivity index (χ0v) is 18.7. The summed E-state index contributed by atoms with van der Waals surface area (Å²) in [5.74, 6) is 1.08. The number of halogens is 1. The molecule has 2 aliphatic rings. The highest BCUT2D eigenvalue weighted by atomic mass is 19.1. The smallest absolute Gasteiger partial charge is 0.407 e. The Morgan fingerprint density at radius 3 is 2.84 bits per heavy atom. The third kappa shape index (κ3) is 4.89. The summed E-state index contributed by atoms with van der Waals surface area (Å²) in [6, 6.07) is 3.67. The molecule has 0 spiro atoms.